The number of unbranched alkanes of at least 4 members (excludes halogenated alkanes) is 3. The molecule has 0 spiro atoms. The van der Waals surface area contributed by atoms with E-state index in [0.717, 1.165) is 43.4 Å². The Hall–Kier alpha value is -2.33. The minimum atomic E-state index is -0.235. The molecule has 0 saturated carbocycles. The minimum Gasteiger partial charge on any atom is -0.379 e. The number of benzene rings is 1. The zero-order valence-electron chi connectivity index (χ0n) is 17.7. The van der Waals surface area contributed by atoms with Crippen molar-refractivity contribution in [3.63, 3.8) is 0 Å². The van der Waals surface area contributed by atoms with Crippen molar-refractivity contribution in [1.29, 1.82) is 0 Å². The van der Waals surface area contributed by atoms with E-state index in [0.29, 0.717) is 17.8 Å². The van der Waals surface area contributed by atoms with Gasteiger partial charge < -0.3 is 4.74 Å². The van der Waals surface area contributed by atoms with E-state index in [-0.39, 0.29) is 11.9 Å². The predicted molar refractivity (Wildman–Crippen MR) is 119 cm³/mol. The van der Waals surface area contributed by atoms with Gasteiger partial charge in [0, 0.05) is 36.5 Å². The molecule has 4 heteroatoms. The van der Waals surface area contributed by atoms with E-state index < -0.39 is 0 Å². The fourth-order valence-corrected chi connectivity index (χ4v) is 3.03. The van der Waals surface area contributed by atoms with E-state index in [1.54, 1.807) is 24.5 Å². The third-order valence-electron chi connectivity index (χ3n) is 4.80. The molecule has 156 valence electrons. The Kier molecular flexibility index (Phi) is 10.3. The Balaban J connectivity index is 1.80. The fraction of sp³-hybridized carbons (Fsp3) is 0.440. The number of nitrogens with zero attached hydrogens (tertiary/aromatic N) is 2. The molecule has 0 N–H and O–H groups in total. The van der Waals surface area contributed by atoms with Gasteiger partial charge in [0.15, 0.2) is 0 Å². The van der Waals surface area contributed by atoms with Crippen molar-refractivity contribution in [2.45, 2.75) is 64.9 Å². The first-order valence-electron chi connectivity index (χ1n) is 10.6. The topological polar surface area (TPSA) is 35.0 Å². The van der Waals surface area contributed by atoms with Crippen LogP contribution in [0.5, 0.6) is 0 Å². The largest absolute Gasteiger partial charge is 0.379 e. The van der Waals surface area contributed by atoms with Gasteiger partial charge in [-0.1, -0.05) is 50.1 Å². The van der Waals surface area contributed by atoms with Gasteiger partial charge in [0.25, 0.3) is 0 Å². The average Bonchev–Trinajstić information content (AvgIpc) is 2.73. The molecule has 0 aliphatic heterocycles. The Morgan fingerprint density at radius 2 is 1.93 bits per heavy atom. The fourth-order valence-electron chi connectivity index (χ4n) is 3.03. The number of hydrogen-bond donors (Lipinski definition) is 0. The monoisotopic (exact) mass is 396 g/mol. The average molecular weight is 397 g/mol. The highest BCUT2D eigenvalue weighted by molar-refractivity contribution is 5.64. The van der Waals surface area contributed by atoms with Crippen LogP contribution in [0.2, 0.25) is 0 Å². The van der Waals surface area contributed by atoms with Gasteiger partial charge in [-0.3, -0.25) is 0 Å². The summed E-state index contributed by atoms with van der Waals surface area (Å²) in [6.07, 6.45) is 16.6. The summed E-state index contributed by atoms with van der Waals surface area (Å²) in [6.45, 7) is 8.85. The van der Waals surface area contributed by atoms with Crippen molar-refractivity contribution in [3.05, 3.63) is 66.5 Å². The zero-order chi connectivity index (χ0) is 20.9. The van der Waals surface area contributed by atoms with Crippen molar-refractivity contribution in [1.82, 2.24) is 9.97 Å². The number of halogens is 1. The van der Waals surface area contributed by atoms with Crippen LogP contribution in [0, 0.1) is 5.82 Å². The molecule has 1 unspecified atom stereocenters. The van der Waals surface area contributed by atoms with Crippen LogP contribution in [0.3, 0.4) is 0 Å². The molecule has 2 rings (SSSR count). The van der Waals surface area contributed by atoms with Crippen molar-refractivity contribution in [2.75, 3.05) is 6.61 Å². The third-order valence-corrected chi connectivity index (χ3v) is 4.80. The minimum absolute atomic E-state index is 0.235. The third kappa shape index (κ3) is 8.28. The SMILES string of the molecule is C=CCc1ncc(-c2ccc(/C=C/CCCC(C)OCCCCC)c(F)c2)cn1. The van der Waals surface area contributed by atoms with Crippen LogP contribution < -0.4 is 0 Å². The van der Waals surface area contributed by atoms with E-state index in [1.165, 1.54) is 18.9 Å². The first-order chi connectivity index (χ1) is 14.1. The Labute approximate surface area is 174 Å². The van der Waals surface area contributed by atoms with Gasteiger partial charge in [0.2, 0.25) is 0 Å². The Morgan fingerprint density at radius 3 is 2.62 bits per heavy atom. The summed E-state index contributed by atoms with van der Waals surface area (Å²) >= 11 is 0. The molecule has 0 aliphatic rings. The van der Waals surface area contributed by atoms with Crippen molar-refractivity contribution in [2.24, 2.45) is 0 Å². The van der Waals surface area contributed by atoms with Crippen molar-refractivity contribution < 1.29 is 9.13 Å². The van der Waals surface area contributed by atoms with Gasteiger partial charge in [-0.2, -0.15) is 0 Å². The molecular weight excluding hydrogens is 363 g/mol. The van der Waals surface area contributed by atoms with Crippen LogP contribution in [0.1, 0.15) is 63.8 Å². The van der Waals surface area contributed by atoms with Gasteiger partial charge in [-0.15, -0.1) is 6.58 Å². The second-order valence-corrected chi connectivity index (χ2v) is 7.34. The van der Waals surface area contributed by atoms with Gasteiger partial charge in [-0.25, -0.2) is 14.4 Å². The lowest BCUT2D eigenvalue weighted by atomic mass is 10.1. The van der Waals surface area contributed by atoms with Crippen molar-refractivity contribution in [3.8, 4) is 11.1 Å². The lowest BCUT2D eigenvalue weighted by Crippen LogP contribution is -2.08. The molecule has 0 radical (unpaired) electrons. The maximum absolute atomic E-state index is 14.5. The van der Waals surface area contributed by atoms with E-state index in [4.69, 9.17) is 4.74 Å². The molecule has 29 heavy (non-hydrogen) atoms. The normalized spacial score (nSPS) is 12.4. The first kappa shape index (κ1) is 23.0. The molecule has 1 aromatic carbocycles. The summed E-state index contributed by atoms with van der Waals surface area (Å²) in [7, 11) is 0. The molecule has 3 nitrogen and oxygen atoms in total. The summed E-state index contributed by atoms with van der Waals surface area (Å²) < 4.78 is 20.3. The van der Waals surface area contributed by atoms with Crippen LogP contribution in [0.15, 0.2) is 49.3 Å². The molecule has 0 amide bonds. The summed E-state index contributed by atoms with van der Waals surface area (Å²) in [5, 5.41) is 0. The summed E-state index contributed by atoms with van der Waals surface area (Å²) in [5.74, 6) is 0.478. The predicted octanol–water partition coefficient (Wildman–Crippen LogP) is 6.79. The maximum atomic E-state index is 14.5. The Morgan fingerprint density at radius 1 is 1.14 bits per heavy atom. The lowest BCUT2D eigenvalue weighted by molar-refractivity contribution is 0.0566. The van der Waals surface area contributed by atoms with Crippen molar-refractivity contribution >= 4 is 6.08 Å². The standard InChI is InChI=1S/C25H33FN2O/c1-4-6-10-16-29-20(3)12-8-7-9-13-21-14-15-22(17-24(21)26)23-18-27-25(11-5-2)28-19-23/h5,9,13-15,17-20H,2,4,6-8,10-12,16H2,1,3H3/b13-9+. The molecule has 1 aromatic heterocycles. The second kappa shape index (κ2) is 13.0. The number of allylic oxidation sites excluding steroid dienone is 2. The highest BCUT2D eigenvalue weighted by Crippen LogP contribution is 2.22. The van der Waals surface area contributed by atoms with Crippen LogP contribution in [0.25, 0.3) is 17.2 Å². The van der Waals surface area contributed by atoms with Gasteiger partial charge in [0.05, 0.1) is 6.10 Å². The summed E-state index contributed by atoms with van der Waals surface area (Å²) in [6, 6.07) is 5.25. The lowest BCUT2D eigenvalue weighted by Gasteiger charge is -2.12. The van der Waals surface area contributed by atoms with Crippen LogP contribution in [-0.2, 0) is 11.2 Å². The molecule has 0 saturated heterocycles. The highest BCUT2D eigenvalue weighted by Gasteiger charge is 2.05. The van der Waals surface area contributed by atoms with Gasteiger partial charge in [-0.05, 0) is 44.2 Å². The number of rotatable bonds is 13. The van der Waals surface area contributed by atoms with Gasteiger partial charge >= 0.3 is 0 Å². The molecule has 1 atom stereocenters. The second-order valence-electron chi connectivity index (χ2n) is 7.34. The van der Waals surface area contributed by atoms with E-state index in [1.807, 2.05) is 18.2 Å². The van der Waals surface area contributed by atoms with E-state index >= 15 is 0 Å². The number of ether oxygens (including phenoxy) is 1. The van der Waals surface area contributed by atoms with Crippen LogP contribution in [-0.4, -0.2) is 22.7 Å². The first-order valence-corrected chi connectivity index (χ1v) is 10.6. The molecule has 1 heterocycles. The Bertz CT molecular complexity index is 771. The highest BCUT2D eigenvalue weighted by atomic mass is 19.1. The molecule has 2 aromatic rings. The smallest absolute Gasteiger partial charge is 0.131 e. The molecule has 0 bridgehead atoms. The van der Waals surface area contributed by atoms with Crippen LogP contribution >= 0.6 is 0 Å². The number of aromatic nitrogens is 2. The van der Waals surface area contributed by atoms with Crippen LogP contribution in [0.4, 0.5) is 4.39 Å². The quantitative estimate of drug-likeness (QED) is 0.276. The summed E-state index contributed by atoms with van der Waals surface area (Å²) in [4.78, 5) is 8.56. The molecule has 0 fully saturated rings. The maximum Gasteiger partial charge on any atom is 0.131 e. The molecular formula is C25H33FN2O. The van der Waals surface area contributed by atoms with E-state index in [9.17, 15) is 4.39 Å². The van der Waals surface area contributed by atoms with Gasteiger partial charge in [0.1, 0.15) is 11.6 Å². The molecule has 0 aliphatic carbocycles. The van der Waals surface area contributed by atoms with E-state index in [2.05, 4.69) is 30.4 Å². The zero-order valence-corrected chi connectivity index (χ0v) is 17.7. The summed E-state index contributed by atoms with van der Waals surface area (Å²) in [5.41, 5.74) is 2.18. The number of hydrogen-bond acceptors (Lipinski definition) is 3.